The Hall–Kier alpha value is -1.93. The van der Waals surface area contributed by atoms with E-state index in [-0.39, 0.29) is 23.5 Å². The minimum atomic E-state index is -1.34. The van der Waals surface area contributed by atoms with Crippen molar-refractivity contribution in [2.24, 2.45) is 33.7 Å². The summed E-state index contributed by atoms with van der Waals surface area (Å²) in [5.41, 5.74) is 2.48. The van der Waals surface area contributed by atoms with Gasteiger partial charge in [-0.15, -0.1) is 0 Å². The molecule has 0 spiro atoms. The minimum Gasteiger partial charge on any atom is -0.480 e. The Balaban J connectivity index is 1.39. The van der Waals surface area contributed by atoms with Crippen LogP contribution in [0, 0.1) is 28.6 Å². The molecule has 4 aliphatic carbocycles. The van der Waals surface area contributed by atoms with Gasteiger partial charge in [0.25, 0.3) is 5.91 Å². The summed E-state index contributed by atoms with van der Waals surface area (Å²) in [5.74, 6) is 0.0219. The highest BCUT2D eigenvalue weighted by Gasteiger charge is 2.58. The van der Waals surface area contributed by atoms with Crippen molar-refractivity contribution < 1.29 is 29.7 Å². The van der Waals surface area contributed by atoms with Crippen LogP contribution in [0.15, 0.2) is 16.8 Å². The summed E-state index contributed by atoms with van der Waals surface area (Å²) in [5, 5.41) is 34.8. The van der Waals surface area contributed by atoms with Gasteiger partial charge in [0.1, 0.15) is 6.04 Å². The molecule has 3 fully saturated rings. The van der Waals surface area contributed by atoms with Crippen molar-refractivity contribution in [1.29, 1.82) is 0 Å². The first-order valence-corrected chi connectivity index (χ1v) is 11.9. The number of hydrogen-bond donors (Lipinski definition) is 4. The van der Waals surface area contributed by atoms with Crippen molar-refractivity contribution in [3.63, 3.8) is 0 Å². The lowest BCUT2D eigenvalue weighted by Gasteiger charge is -2.57. The molecule has 32 heavy (non-hydrogen) atoms. The number of allylic oxidation sites excluding steroid dienone is 2. The van der Waals surface area contributed by atoms with Gasteiger partial charge in [-0.05, 0) is 86.0 Å². The normalized spacial score (nSPS) is 40.5. The van der Waals surface area contributed by atoms with Gasteiger partial charge in [0.15, 0.2) is 6.61 Å². The number of aliphatic hydroxyl groups excluding tert-OH is 2. The van der Waals surface area contributed by atoms with Crippen LogP contribution >= 0.6 is 0 Å². The smallest absolute Gasteiger partial charge is 0.328 e. The molecular formula is C24H36N2O6. The predicted molar refractivity (Wildman–Crippen MR) is 118 cm³/mol. The maximum Gasteiger partial charge on any atom is 0.328 e. The summed E-state index contributed by atoms with van der Waals surface area (Å²) in [6.07, 6.45) is 10.3. The van der Waals surface area contributed by atoms with Crippen molar-refractivity contribution >= 4 is 17.6 Å². The molecule has 0 aromatic heterocycles. The van der Waals surface area contributed by atoms with E-state index in [0.717, 1.165) is 50.7 Å². The molecule has 7 atom stereocenters. The third kappa shape index (κ3) is 3.96. The fourth-order valence-corrected chi connectivity index (χ4v) is 7.21. The average Bonchev–Trinajstić information content (AvgIpc) is 3.06. The summed E-state index contributed by atoms with van der Waals surface area (Å²) in [6.45, 7) is 3.63. The number of nitrogens with one attached hydrogen (secondary N) is 1. The van der Waals surface area contributed by atoms with E-state index in [1.165, 1.54) is 12.0 Å². The molecule has 1 amide bonds. The first-order chi connectivity index (χ1) is 15.2. The highest BCUT2D eigenvalue weighted by molar-refractivity contribution is 5.96. The molecule has 0 saturated heterocycles. The Morgan fingerprint density at radius 2 is 1.97 bits per heavy atom. The maximum atomic E-state index is 11.8. The van der Waals surface area contributed by atoms with Gasteiger partial charge in [-0.1, -0.05) is 24.6 Å². The molecule has 3 saturated carbocycles. The van der Waals surface area contributed by atoms with Crippen LogP contribution in [-0.4, -0.2) is 58.3 Å². The molecule has 178 valence electrons. The van der Waals surface area contributed by atoms with Crippen LogP contribution in [0.4, 0.5) is 0 Å². The molecule has 0 heterocycles. The van der Waals surface area contributed by atoms with Gasteiger partial charge in [0.2, 0.25) is 0 Å². The number of carboxylic acid groups (broad SMARTS) is 1. The number of carbonyl (C=O) groups excluding carboxylic acids is 1. The molecule has 4 N–H and O–H groups in total. The average molecular weight is 449 g/mol. The van der Waals surface area contributed by atoms with Crippen LogP contribution in [0.2, 0.25) is 0 Å². The van der Waals surface area contributed by atoms with Gasteiger partial charge >= 0.3 is 5.97 Å². The minimum absolute atomic E-state index is 0.0874. The topological polar surface area (TPSA) is 128 Å². The zero-order chi connectivity index (χ0) is 23.1. The standard InChI is InChI=1S/C24H36N2O6/c1-23-9-7-15(26-32-13-21(29)25-19(12-27)22(30)31)11-14(23)3-4-16-17-5-6-20(28)24(17,2)10-8-18(16)23/h11,16-20,27-28H,3-10,12-13H2,1-2H3,(H,25,29)(H,30,31)/t16-,17-,18-,19-,20+,23-,24-/m0/s1. The first-order valence-electron chi connectivity index (χ1n) is 11.9. The molecule has 8 nitrogen and oxygen atoms in total. The van der Waals surface area contributed by atoms with Gasteiger partial charge in [-0.2, -0.15) is 0 Å². The Morgan fingerprint density at radius 3 is 2.69 bits per heavy atom. The fourth-order valence-electron chi connectivity index (χ4n) is 7.21. The number of carboxylic acids is 1. The van der Waals surface area contributed by atoms with E-state index < -0.39 is 24.5 Å². The Morgan fingerprint density at radius 1 is 1.19 bits per heavy atom. The quantitative estimate of drug-likeness (QED) is 0.461. The maximum absolute atomic E-state index is 11.8. The summed E-state index contributed by atoms with van der Waals surface area (Å²) in [6, 6.07) is -1.34. The van der Waals surface area contributed by atoms with Crippen molar-refractivity contribution in [3.8, 4) is 0 Å². The Labute approximate surface area is 189 Å². The SMILES string of the molecule is C[C@]12CC[C@H]3[C@@H](CCC4=CC(=NOCC(=O)N[C@@H](CO)C(=O)O)CC[C@@]43C)[C@@H]1CC[C@H]2O. The summed E-state index contributed by atoms with van der Waals surface area (Å²) < 4.78 is 0. The van der Waals surface area contributed by atoms with E-state index in [1.807, 2.05) is 0 Å². The number of aliphatic carboxylic acids is 1. The van der Waals surface area contributed by atoms with Crippen LogP contribution in [0.3, 0.4) is 0 Å². The zero-order valence-corrected chi connectivity index (χ0v) is 19.0. The molecule has 0 aromatic rings. The van der Waals surface area contributed by atoms with Crippen LogP contribution < -0.4 is 5.32 Å². The summed E-state index contributed by atoms with van der Waals surface area (Å²) in [4.78, 5) is 27.9. The largest absolute Gasteiger partial charge is 0.480 e. The highest BCUT2D eigenvalue weighted by Crippen LogP contribution is 2.65. The number of oxime groups is 1. The van der Waals surface area contributed by atoms with Crippen LogP contribution in [-0.2, 0) is 14.4 Å². The molecule has 0 unspecified atom stereocenters. The van der Waals surface area contributed by atoms with Crippen molar-refractivity contribution in [3.05, 3.63) is 11.6 Å². The van der Waals surface area contributed by atoms with Crippen LogP contribution in [0.1, 0.15) is 65.2 Å². The van der Waals surface area contributed by atoms with Gasteiger partial charge in [-0.3, -0.25) is 4.79 Å². The number of hydrogen-bond acceptors (Lipinski definition) is 6. The van der Waals surface area contributed by atoms with E-state index in [9.17, 15) is 14.7 Å². The molecule has 0 aromatic carbocycles. The van der Waals surface area contributed by atoms with Crippen molar-refractivity contribution in [2.75, 3.05) is 13.2 Å². The molecule has 4 aliphatic rings. The number of aliphatic hydroxyl groups is 2. The van der Waals surface area contributed by atoms with Crippen LogP contribution in [0.5, 0.6) is 0 Å². The second-order valence-corrected chi connectivity index (χ2v) is 10.6. The van der Waals surface area contributed by atoms with Crippen molar-refractivity contribution in [2.45, 2.75) is 77.4 Å². The van der Waals surface area contributed by atoms with E-state index >= 15 is 0 Å². The van der Waals surface area contributed by atoms with E-state index in [4.69, 9.17) is 15.1 Å². The van der Waals surface area contributed by atoms with Gasteiger partial charge in [-0.25, -0.2) is 4.79 Å². The fraction of sp³-hybridized carbons (Fsp3) is 0.792. The lowest BCUT2D eigenvalue weighted by molar-refractivity contribution is -0.143. The molecule has 0 aliphatic heterocycles. The lowest BCUT2D eigenvalue weighted by atomic mass is 9.47. The van der Waals surface area contributed by atoms with E-state index in [2.05, 4.69) is 30.4 Å². The van der Waals surface area contributed by atoms with E-state index in [1.54, 1.807) is 0 Å². The highest BCUT2D eigenvalue weighted by atomic mass is 16.6. The third-order valence-corrected chi connectivity index (χ3v) is 9.12. The van der Waals surface area contributed by atoms with Crippen LogP contribution in [0.25, 0.3) is 0 Å². The number of carbonyl (C=O) groups is 2. The van der Waals surface area contributed by atoms with E-state index in [0.29, 0.717) is 17.8 Å². The van der Waals surface area contributed by atoms with Gasteiger partial charge in [0, 0.05) is 0 Å². The Bertz CT molecular complexity index is 825. The van der Waals surface area contributed by atoms with Gasteiger partial charge in [0.05, 0.1) is 18.4 Å². The summed E-state index contributed by atoms with van der Waals surface area (Å²) in [7, 11) is 0. The molecule has 0 bridgehead atoms. The summed E-state index contributed by atoms with van der Waals surface area (Å²) >= 11 is 0. The lowest BCUT2D eigenvalue weighted by Crippen LogP contribution is -2.51. The second kappa shape index (κ2) is 8.78. The number of amides is 1. The monoisotopic (exact) mass is 448 g/mol. The number of rotatable bonds is 6. The first kappa shape index (κ1) is 23.2. The van der Waals surface area contributed by atoms with Crippen molar-refractivity contribution in [1.82, 2.24) is 5.32 Å². The number of nitrogens with zero attached hydrogens (tertiary/aromatic N) is 1. The zero-order valence-electron chi connectivity index (χ0n) is 19.0. The molecule has 0 radical (unpaired) electrons. The number of fused-ring (bicyclic) bond motifs is 5. The molecule has 4 rings (SSSR count). The second-order valence-electron chi connectivity index (χ2n) is 10.6. The third-order valence-electron chi connectivity index (χ3n) is 9.12. The van der Waals surface area contributed by atoms with Gasteiger partial charge < -0.3 is 25.5 Å². The predicted octanol–water partition coefficient (Wildman–Crippen LogP) is 2.24. The Kier molecular flexibility index (Phi) is 6.38. The molecule has 8 heteroatoms. The molecular weight excluding hydrogens is 412 g/mol.